The number of aromatic nitrogens is 3. The highest BCUT2D eigenvalue weighted by molar-refractivity contribution is 6.29. The number of nitrogens with zero attached hydrogens (tertiary/aromatic N) is 3. The Labute approximate surface area is 158 Å². The van der Waals surface area contributed by atoms with E-state index in [-0.39, 0.29) is 11.9 Å². The minimum atomic E-state index is -0.302. The van der Waals surface area contributed by atoms with Gasteiger partial charge in [0.2, 0.25) is 0 Å². The average Bonchev–Trinajstić information content (AvgIpc) is 3.00. The maximum absolute atomic E-state index is 11.9. The second kappa shape index (κ2) is 7.46. The van der Waals surface area contributed by atoms with Gasteiger partial charge < -0.3 is 4.74 Å². The number of carbonyl (C=O) groups is 1. The number of imidazole rings is 1. The van der Waals surface area contributed by atoms with E-state index in [4.69, 9.17) is 21.3 Å². The van der Waals surface area contributed by atoms with Gasteiger partial charge in [0, 0.05) is 12.1 Å². The summed E-state index contributed by atoms with van der Waals surface area (Å²) in [5, 5.41) is 0.450. The lowest BCUT2D eigenvalue weighted by Gasteiger charge is -2.13. The van der Waals surface area contributed by atoms with Crippen LogP contribution in [0, 0.1) is 6.92 Å². The fraction of sp³-hybridized carbons (Fsp3) is 0.350. The maximum Gasteiger partial charge on any atom is 0.313 e. The first kappa shape index (κ1) is 18.4. The van der Waals surface area contributed by atoms with Crippen molar-refractivity contribution in [3.63, 3.8) is 0 Å². The van der Waals surface area contributed by atoms with E-state index in [0.717, 1.165) is 40.2 Å². The van der Waals surface area contributed by atoms with Gasteiger partial charge in [-0.05, 0) is 50.1 Å². The SMILES string of the molecule is CCOC(=O)C(C)c1ccc(-n2c(CC)nc3c(C)cc(Cl)nc32)cc1. The molecule has 1 atom stereocenters. The van der Waals surface area contributed by atoms with Crippen molar-refractivity contribution in [3.05, 3.63) is 52.4 Å². The van der Waals surface area contributed by atoms with E-state index in [0.29, 0.717) is 11.8 Å². The molecule has 26 heavy (non-hydrogen) atoms. The van der Waals surface area contributed by atoms with Crippen molar-refractivity contribution in [1.29, 1.82) is 0 Å². The van der Waals surface area contributed by atoms with Crippen molar-refractivity contribution in [2.75, 3.05) is 6.61 Å². The Balaban J connectivity index is 2.05. The van der Waals surface area contributed by atoms with Crippen LogP contribution in [-0.2, 0) is 16.0 Å². The van der Waals surface area contributed by atoms with Gasteiger partial charge in [0.05, 0.1) is 12.5 Å². The number of pyridine rings is 1. The van der Waals surface area contributed by atoms with Crippen molar-refractivity contribution < 1.29 is 9.53 Å². The third kappa shape index (κ3) is 3.31. The molecule has 136 valence electrons. The van der Waals surface area contributed by atoms with Gasteiger partial charge in [0.1, 0.15) is 16.5 Å². The second-order valence-electron chi connectivity index (χ2n) is 6.22. The normalized spacial score (nSPS) is 12.3. The number of fused-ring (bicyclic) bond motifs is 1. The van der Waals surface area contributed by atoms with Crippen molar-refractivity contribution in [1.82, 2.24) is 14.5 Å². The molecule has 0 bridgehead atoms. The largest absolute Gasteiger partial charge is 0.466 e. The Morgan fingerprint density at radius 3 is 2.54 bits per heavy atom. The van der Waals surface area contributed by atoms with E-state index in [1.54, 1.807) is 0 Å². The summed E-state index contributed by atoms with van der Waals surface area (Å²) in [5.74, 6) is 0.402. The molecule has 0 fully saturated rings. The van der Waals surface area contributed by atoms with Crippen LogP contribution in [0.5, 0.6) is 0 Å². The maximum atomic E-state index is 11.9. The summed E-state index contributed by atoms with van der Waals surface area (Å²) in [6.45, 7) is 8.09. The molecule has 0 amide bonds. The Morgan fingerprint density at radius 1 is 1.23 bits per heavy atom. The highest BCUT2D eigenvalue weighted by Gasteiger charge is 2.18. The molecular weight excluding hydrogens is 350 g/mol. The molecule has 0 aliphatic rings. The number of halogens is 1. The minimum Gasteiger partial charge on any atom is -0.466 e. The zero-order chi connectivity index (χ0) is 18.8. The van der Waals surface area contributed by atoms with Crippen LogP contribution in [0.2, 0.25) is 5.15 Å². The molecule has 0 N–H and O–H groups in total. The number of carbonyl (C=O) groups excluding carboxylic acids is 1. The number of aryl methyl sites for hydroxylation is 2. The molecule has 2 heterocycles. The Kier molecular flexibility index (Phi) is 5.28. The zero-order valence-corrected chi connectivity index (χ0v) is 16.2. The van der Waals surface area contributed by atoms with Crippen LogP contribution in [0.4, 0.5) is 0 Å². The summed E-state index contributed by atoms with van der Waals surface area (Å²) < 4.78 is 7.12. The average molecular weight is 372 g/mol. The first-order chi connectivity index (χ1) is 12.5. The number of ether oxygens (including phenoxy) is 1. The standard InChI is InChI=1S/C20H22ClN3O2/c1-5-17-23-18-12(3)11-16(21)22-19(18)24(17)15-9-7-14(8-10-15)13(4)20(25)26-6-2/h7-11,13H,5-6H2,1-4H3. The molecule has 0 saturated heterocycles. The lowest BCUT2D eigenvalue weighted by Crippen LogP contribution is -2.13. The molecule has 5 nitrogen and oxygen atoms in total. The number of hydrogen-bond acceptors (Lipinski definition) is 4. The monoisotopic (exact) mass is 371 g/mol. The van der Waals surface area contributed by atoms with Crippen LogP contribution in [0.25, 0.3) is 16.9 Å². The van der Waals surface area contributed by atoms with E-state index in [1.165, 1.54) is 0 Å². The van der Waals surface area contributed by atoms with Crippen molar-refractivity contribution in [2.45, 2.75) is 40.0 Å². The van der Waals surface area contributed by atoms with Gasteiger partial charge in [-0.2, -0.15) is 0 Å². The number of rotatable bonds is 5. The Hall–Kier alpha value is -2.40. The molecule has 0 aliphatic heterocycles. The number of esters is 1. The topological polar surface area (TPSA) is 57.0 Å². The second-order valence-corrected chi connectivity index (χ2v) is 6.60. The van der Waals surface area contributed by atoms with Crippen LogP contribution in [-0.4, -0.2) is 27.1 Å². The fourth-order valence-corrected chi connectivity index (χ4v) is 3.27. The minimum absolute atomic E-state index is 0.216. The highest BCUT2D eigenvalue weighted by atomic mass is 35.5. The van der Waals surface area contributed by atoms with Crippen LogP contribution in [0.15, 0.2) is 30.3 Å². The summed E-state index contributed by atoms with van der Waals surface area (Å²) in [4.78, 5) is 21.2. The van der Waals surface area contributed by atoms with Gasteiger partial charge in [0.15, 0.2) is 5.65 Å². The summed E-state index contributed by atoms with van der Waals surface area (Å²) in [6, 6.07) is 9.66. The summed E-state index contributed by atoms with van der Waals surface area (Å²) >= 11 is 6.16. The Morgan fingerprint density at radius 2 is 1.92 bits per heavy atom. The molecule has 0 aliphatic carbocycles. The Bertz CT molecular complexity index is 948. The molecule has 0 saturated carbocycles. The van der Waals surface area contributed by atoms with Crippen molar-refractivity contribution >= 4 is 28.7 Å². The van der Waals surface area contributed by atoms with Gasteiger partial charge in [-0.3, -0.25) is 9.36 Å². The van der Waals surface area contributed by atoms with E-state index < -0.39 is 0 Å². The summed E-state index contributed by atoms with van der Waals surface area (Å²) in [7, 11) is 0. The predicted octanol–water partition coefficient (Wildman–Crippen LogP) is 4.61. The van der Waals surface area contributed by atoms with Gasteiger partial charge in [-0.15, -0.1) is 0 Å². The lowest BCUT2D eigenvalue weighted by atomic mass is 10.0. The molecule has 3 aromatic rings. The van der Waals surface area contributed by atoms with Crippen molar-refractivity contribution in [3.8, 4) is 5.69 Å². The molecule has 1 aromatic carbocycles. The lowest BCUT2D eigenvalue weighted by molar-refractivity contribution is -0.144. The number of hydrogen-bond donors (Lipinski definition) is 0. The molecule has 0 spiro atoms. The van der Waals surface area contributed by atoms with Crippen LogP contribution >= 0.6 is 11.6 Å². The fourth-order valence-electron chi connectivity index (χ4n) is 3.03. The van der Waals surface area contributed by atoms with E-state index >= 15 is 0 Å². The van der Waals surface area contributed by atoms with Gasteiger partial charge >= 0.3 is 5.97 Å². The van der Waals surface area contributed by atoms with Crippen LogP contribution < -0.4 is 0 Å². The van der Waals surface area contributed by atoms with Gasteiger partial charge in [-0.1, -0.05) is 30.7 Å². The van der Waals surface area contributed by atoms with Crippen molar-refractivity contribution in [2.24, 2.45) is 0 Å². The first-order valence-corrected chi connectivity index (χ1v) is 9.15. The molecule has 0 radical (unpaired) electrons. The van der Waals surface area contributed by atoms with E-state index in [2.05, 4.69) is 11.9 Å². The first-order valence-electron chi connectivity index (χ1n) is 8.77. The van der Waals surface area contributed by atoms with Crippen LogP contribution in [0.3, 0.4) is 0 Å². The third-order valence-electron chi connectivity index (χ3n) is 4.45. The van der Waals surface area contributed by atoms with E-state index in [9.17, 15) is 4.79 Å². The zero-order valence-electron chi connectivity index (χ0n) is 15.4. The van der Waals surface area contributed by atoms with Crippen LogP contribution in [0.1, 0.15) is 43.6 Å². The number of benzene rings is 1. The van der Waals surface area contributed by atoms with Gasteiger partial charge in [-0.25, -0.2) is 9.97 Å². The quantitative estimate of drug-likeness (QED) is 0.485. The smallest absolute Gasteiger partial charge is 0.313 e. The molecular formula is C20H22ClN3O2. The third-order valence-corrected chi connectivity index (χ3v) is 4.65. The molecule has 2 aromatic heterocycles. The predicted molar refractivity (Wildman–Crippen MR) is 103 cm³/mol. The molecule has 1 unspecified atom stereocenters. The molecule has 3 rings (SSSR count). The molecule has 6 heteroatoms. The van der Waals surface area contributed by atoms with E-state index in [1.807, 2.05) is 55.7 Å². The summed E-state index contributed by atoms with van der Waals surface area (Å²) in [5.41, 5.74) is 4.46. The summed E-state index contributed by atoms with van der Waals surface area (Å²) in [6.07, 6.45) is 0.772. The highest BCUT2D eigenvalue weighted by Crippen LogP contribution is 2.26. The van der Waals surface area contributed by atoms with Gasteiger partial charge in [0.25, 0.3) is 0 Å².